The summed E-state index contributed by atoms with van der Waals surface area (Å²) in [5, 5.41) is 0. The number of anilines is 1. The SMILES string of the molecule is COc1cc(Sc2ccccc2)cc(OC)c1N. The van der Waals surface area contributed by atoms with E-state index in [0.29, 0.717) is 17.2 Å². The molecule has 2 aromatic rings. The third-order valence-electron chi connectivity index (χ3n) is 2.50. The maximum Gasteiger partial charge on any atom is 0.146 e. The average Bonchev–Trinajstić information content (AvgIpc) is 2.41. The summed E-state index contributed by atoms with van der Waals surface area (Å²) >= 11 is 1.64. The summed E-state index contributed by atoms with van der Waals surface area (Å²) in [5.74, 6) is 1.26. The first-order chi connectivity index (χ1) is 8.74. The summed E-state index contributed by atoms with van der Waals surface area (Å²) in [7, 11) is 3.20. The van der Waals surface area contributed by atoms with Crippen molar-refractivity contribution in [2.24, 2.45) is 0 Å². The molecule has 0 aliphatic heterocycles. The molecule has 18 heavy (non-hydrogen) atoms. The molecular weight excluding hydrogens is 246 g/mol. The van der Waals surface area contributed by atoms with Gasteiger partial charge < -0.3 is 15.2 Å². The molecular formula is C14H15NO2S. The third-order valence-corrected chi connectivity index (χ3v) is 3.48. The van der Waals surface area contributed by atoms with E-state index in [9.17, 15) is 0 Å². The second kappa shape index (κ2) is 5.69. The molecule has 4 heteroatoms. The van der Waals surface area contributed by atoms with E-state index < -0.39 is 0 Å². The Bertz CT molecular complexity index is 504. The number of hydrogen-bond acceptors (Lipinski definition) is 4. The fourth-order valence-electron chi connectivity index (χ4n) is 1.60. The van der Waals surface area contributed by atoms with Gasteiger partial charge in [-0.1, -0.05) is 30.0 Å². The van der Waals surface area contributed by atoms with Crippen LogP contribution >= 0.6 is 11.8 Å². The van der Waals surface area contributed by atoms with Crippen LogP contribution in [0.25, 0.3) is 0 Å². The van der Waals surface area contributed by atoms with Crippen molar-refractivity contribution in [3.8, 4) is 11.5 Å². The minimum absolute atomic E-state index is 0.525. The van der Waals surface area contributed by atoms with Gasteiger partial charge in [0.25, 0.3) is 0 Å². The van der Waals surface area contributed by atoms with E-state index >= 15 is 0 Å². The number of nitrogen functional groups attached to an aromatic ring is 1. The first-order valence-electron chi connectivity index (χ1n) is 5.49. The van der Waals surface area contributed by atoms with E-state index in [1.54, 1.807) is 26.0 Å². The zero-order valence-electron chi connectivity index (χ0n) is 10.3. The van der Waals surface area contributed by atoms with Crippen molar-refractivity contribution in [1.82, 2.24) is 0 Å². The van der Waals surface area contributed by atoms with Crippen molar-refractivity contribution in [2.75, 3.05) is 20.0 Å². The highest BCUT2D eigenvalue weighted by Gasteiger charge is 2.09. The molecule has 2 aromatic carbocycles. The molecule has 0 spiro atoms. The van der Waals surface area contributed by atoms with Crippen LogP contribution in [0.15, 0.2) is 52.3 Å². The third kappa shape index (κ3) is 2.71. The largest absolute Gasteiger partial charge is 0.494 e. The Balaban J connectivity index is 2.34. The van der Waals surface area contributed by atoms with Crippen LogP contribution < -0.4 is 15.2 Å². The molecule has 0 aromatic heterocycles. The Morgan fingerprint density at radius 1 is 0.889 bits per heavy atom. The topological polar surface area (TPSA) is 44.5 Å². The number of benzene rings is 2. The van der Waals surface area contributed by atoms with Gasteiger partial charge in [0.05, 0.1) is 14.2 Å². The maximum absolute atomic E-state index is 5.91. The van der Waals surface area contributed by atoms with E-state index in [2.05, 4.69) is 12.1 Å². The van der Waals surface area contributed by atoms with Gasteiger partial charge in [0.2, 0.25) is 0 Å². The Kier molecular flexibility index (Phi) is 3.99. The molecule has 2 rings (SSSR count). The summed E-state index contributed by atoms with van der Waals surface area (Å²) in [4.78, 5) is 2.19. The molecule has 0 atom stereocenters. The minimum atomic E-state index is 0.525. The molecule has 0 amide bonds. The van der Waals surface area contributed by atoms with Gasteiger partial charge in [0.15, 0.2) is 0 Å². The van der Waals surface area contributed by atoms with E-state index in [0.717, 1.165) is 9.79 Å². The lowest BCUT2D eigenvalue weighted by molar-refractivity contribution is 0.396. The molecule has 0 aliphatic rings. The van der Waals surface area contributed by atoms with Crippen LogP contribution in [0.4, 0.5) is 5.69 Å². The van der Waals surface area contributed by atoms with Gasteiger partial charge in [-0.2, -0.15) is 0 Å². The Morgan fingerprint density at radius 3 is 1.94 bits per heavy atom. The van der Waals surface area contributed by atoms with Gasteiger partial charge >= 0.3 is 0 Å². The van der Waals surface area contributed by atoms with Crippen LogP contribution in [0.3, 0.4) is 0 Å². The summed E-state index contributed by atoms with van der Waals surface area (Å²) in [6, 6.07) is 13.9. The van der Waals surface area contributed by atoms with Crippen molar-refractivity contribution in [3.63, 3.8) is 0 Å². The zero-order valence-corrected chi connectivity index (χ0v) is 11.2. The van der Waals surface area contributed by atoms with Crippen molar-refractivity contribution >= 4 is 17.4 Å². The fraction of sp³-hybridized carbons (Fsp3) is 0.143. The quantitative estimate of drug-likeness (QED) is 0.856. The standard InChI is InChI=1S/C14H15NO2S/c1-16-12-8-11(9-13(17-2)14(12)15)18-10-6-4-3-5-7-10/h3-9H,15H2,1-2H3. The number of hydrogen-bond donors (Lipinski definition) is 1. The molecule has 0 aliphatic carbocycles. The molecule has 0 saturated heterocycles. The monoisotopic (exact) mass is 261 g/mol. The van der Waals surface area contributed by atoms with Crippen LogP contribution in [-0.2, 0) is 0 Å². The number of ether oxygens (including phenoxy) is 2. The summed E-state index contributed by atoms with van der Waals surface area (Å²) < 4.78 is 10.5. The van der Waals surface area contributed by atoms with E-state index in [1.165, 1.54) is 0 Å². The lowest BCUT2D eigenvalue weighted by Crippen LogP contribution is -1.97. The van der Waals surface area contributed by atoms with Crippen molar-refractivity contribution < 1.29 is 9.47 Å². The predicted octanol–water partition coefficient (Wildman–Crippen LogP) is 3.44. The average molecular weight is 261 g/mol. The van der Waals surface area contributed by atoms with Gasteiger partial charge in [0, 0.05) is 9.79 Å². The molecule has 2 N–H and O–H groups in total. The minimum Gasteiger partial charge on any atom is -0.494 e. The molecule has 0 bridgehead atoms. The molecule has 0 heterocycles. The maximum atomic E-state index is 5.91. The smallest absolute Gasteiger partial charge is 0.146 e. The van der Waals surface area contributed by atoms with E-state index in [4.69, 9.17) is 15.2 Å². The normalized spacial score (nSPS) is 10.1. The van der Waals surface area contributed by atoms with Crippen LogP contribution in [-0.4, -0.2) is 14.2 Å². The Labute approximate surface area is 111 Å². The van der Waals surface area contributed by atoms with Crippen LogP contribution in [0, 0.1) is 0 Å². The summed E-state index contributed by atoms with van der Waals surface area (Å²) in [6.07, 6.45) is 0. The van der Waals surface area contributed by atoms with Crippen molar-refractivity contribution in [3.05, 3.63) is 42.5 Å². The van der Waals surface area contributed by atoms with E-state index in [1.807, 2.05) is 30.3 Å². The van der Waals surface area contributed by atoms with Crippen LogP contribution in [0.5, 0.6) is 11.5 Å². The second-order valence-corrected chi connectivity index (χ2v) is 4.80. The van der Waals surface area contributed by atoms with Gasteiger partial charge in [-0.3, -0.25) is 0 Å². The number of nitrogens with two attached hydrogens (primary N) is 1. The highest BCUT2D eigenvalue weighted by molar-refractivity contribution is 7.99. The molecule has 94 valence electrons. The lowest BCUT2D eigenvalue weighted by Gasteiger charge is -2.11. The molecule has 0 unspecified atom stereocenters. The number of rotatable bonds is 4. The highest BCUT2D eigenvalue weighted by Crippen LogP contribution is 2.38. The first kappa shape index (κ1) is 12.6. The van der Waals surface area contributed by atoms with Crippen LogP contribution in [0.2, 0.25) is 0 Å². The van der Waals surface area contributed by atoms with Gasteiger partial charge in [-0.25, -0.2) is 0 Å². The van der Waals surface area contributed by atoms with Gasteiger partial charge in [-0.15, -0.1) is 0 Å². The van der Waals surface area contributed by atoms with Crippen molar-refractivity contribution in [2.45, 2.75) is 9.79 Å². The van der Waals surface area contributed by atoms with Gasteiger partial charge in [-0.05, 0) is 24.3 Å². The first-order valence-corrected chi connectivity index (χ1v) is 6.30. The zero-order chi connectivity index (χ0) is 13.0. The molecule has 0 saturated carbocycles. The highest BCUT2D eigenvalue weighted by atomic mass is 32.2. The summed E-state index contributed by atoms with van der Waals surface area (Å²) in [5.41, 5.74) is 6.43. The Hall–Kier alpha value is -1.81. The number of methoxy groups -OCH3 is 2. The van der Waals surface area contributed by atoms with Crippen LogP contribution in [0.1, 0.15) is 0 Å². The summed E-state index contributed by atoms with van der Waals surface area (Å²) in [6.45, 7) is 0. The Morgan fingerprint density at radius 2 is 1.44 bits per heavy atom. The van der Waals surface area contributed by atoms with Gasteiger partial charge in [0.1, 0.15) is 17.2 Å². The van der Waals surface area contributed by atoms with E-state index in [-0.39, 0.29) is 0 Å². The van der Waals surface area contributed by atoms with Crippen molar-refractivity contribution in [1.29, 1.82) is 0 Å². The second-order valence-electron chi connectivity index (χ2n) is 3.66. The molecule has 0 fully saturated rings. The molecule has 3 nitrogen and oxygen atoms in total. The fourth-order valence-corrected chi connectivity index (χ4v) is 2.50. The lowest BCUT2D eigenvalue weighted by atomic mass is 10.3. The predicted molar refractivity (Wildman–Crippen MR) is 74.5 cm³/mol. The molecule has 0 radical (unpaired) electrons.